The fourth-order valence-electron chi connectivity index (χ4n) is 1.69. The van der Waals surface area contributed by atoms with Gasteiger partial charge in [0.2, 0.25) is 0 Å². The lowest BCUT2D eigenvalue weighted by Gasteiger charge is -2.12. The summed E-state index contributed by atoms with van der Waals surface area (Å²) in [5, 5.41) is 1.62. The highest BCUT2D eigenvalue weighted by molar-refractivity contribution is 7.89. The van der Waals surface area contributed by atoms with E-state index in [1.165, 1.54) is 15.7 Å². The molecule has 1 N–H and O–H groups in total. The molecule has 0 saturated heterocycles. The smallest absolute Gasteiger partial charge is 0.260 e. The topological polar surface area (TPSA) is 63.5 Å². The molecular weight excluding hydrogens is 306 g/mol. The van der Waals surface area contributed by atoms with Crippen molar-refractivity contribution < 1.29 is 8.42 Å². The van der Waals surface area contributed by atoms with Crippen LogP contribution in [0.3, 0.4) is 0 Å². The molecule has 0 aromatic carbocycles. The summed E-state index contributed by atoms with van der Waals surface area (Å²) in [5.41, 5.74) is 0. The zero-order valence-electron chi connectivity index (χ0n) is 10.1. The second-order valence-corrected chi connectivity index (χ2v) is 6.75. The van der Waals surface area contributed by atoms with Gasteiger partial charge in [0.25, 0.3) is 10.0 Å². The van der Waals surface area contributed by atoms with Crippen molar-refractivity contribution in [2.75, 3.05) is 0 Å². The Balaban J connectivity index is 2.42. The summed E-state index contributed by atoms with van der Waals surface area (Å²) in [6.07, 6.45) is 8.28. The fraction of sp³-hybridized carbons (Fsp3) is 0.364. The van der Waals surface area contributed by atoms with E-state index in [-0.39, 0.29) is 10.2 Å². The summed E-state index contributed by atoms with van der Waals surface area (Å²) in [5.74, 6) is 2.42. The summed E-state index contributed by atoms with van der Waals surface area (Å²) >= 11 is 7.21. The Bertz CT molecular complexity index is 727. The fourth-order valence-corrected chi connectivity index (χ4v) is 4.33. The van der Waals surface area contributed by atoms with E-state index in [4.69, 9.17) is 18.0 Å². The van der Waals surface area contributed by atoms with E-state index in [0.29, 0.717) is 11.4 Å². The van der Waals surface area contributed by atoms with Crippen LogP contribution >= 0.6 is 22.9 Å². The molecule has 0 aliphatic rings. The van der Waals surface area contributed by atoms with E-state index in [1.807, 2.05) is 6.92 Å². The molecule has 0 saturated carbocycles. The van der Waals surface area contributed by atoms with Crippen molar-refractivity contribution in [1.82, 2.24) is 14.1 Å². The van der Waals surface area contributed by atoms with Crippen LogP contribution in [0.15, 0.2) is 16.6 Å². The molecule has 2 heterocycles. The van der Waals surface area contributed by atoms with Gasteiger partial charge >= 0.3 is 0 Å². The Morgan fingerprint density at radius 3 is 3.05 bits per heavy atom. The highest BCUT2D eigenvalue weighted by Crippen LogP contribution is 2.25. The number of thiazole rings is 1. The maximum Gasteiger partial charge on any atom is 0.260 e. The Hall–Kier alpha value is -1.07. The zero-order valence-corrected chi connectivity index (χ0v) is 12.5. The number of rotatable bonds is 5. The lowest BCUT2D eigenvalue weighted by molar-refractivity contribution is 0.560. The van der Waals surface area contributed by atoms with Crippen molar-refractivity contribution in [1.29, 1.82) is 0 Å². The van der Waals surface area contributed by atoms with E-state index >= 15 is 0 Å². The van der Waals surface area contributed by atoms with Gasteiger partial charge in [0.15, 0.2) is 15.1 Å². The van der Waals surface area contributed by atoms with Crippen molar-refractivity contribution in [3.63, 3.8) is 0 Å². The largest absolute Gasteiger partial charge is 0.279 e. The quantitative estimate of drug-likeness (QED) is 0.859. The average Bonchev–Trinajstić information content (AvgIpc) is 2.87. The van der Waals surface area contributed by atoms with Crippen LogP contribution in [-0.2, 0) is 10.0 Å². The SMILES string of the molecule is C#CC(CCC)NS(=O)(=O)c1c(Cl)nc2sccn12. The molecule has 0 fully saturated rings. The molecule has 0 aliphatic heterocycles. The van der Waals surface area contributed by atoms with Crippen LogP contribution in [0.25, 0.3) is 4.96 Å². The third-order valence-corrected chi connectivity index (χ3v) is 5.14. The van der Waals surface area contributed by atoms with Gasteiger partial charge in [0.05, 0.1) is 6.04 Å². The maximum absolute atomic E-state index is 12.3. The summed E-state index contributed by atoms with van der Waals surface area (Å²) in [6, 6.07) is -0.546. The number of halogens is 1. The van der Waals surface area contributed by atoms with Crippen molar-refractivity contribution >= 4 is 37.9 Å². The summed E-state index contributed by atoms with van der Waals surface area (Å²) in [7, 11) is -3.79. The molecule has 0 aliphatic carbocycles. The average molecular weight is 318 g/mol. The molecule has 102 valence electrons. The van der Waals surface area contributed by atoms with Crippen LogP contribution in [0, 0.1) is 12.3 Å². The molecule has 0 amide bonds. The molecule has 2 aromatic heterocycles. The zero-order chi connectivity index (χ0) is 14.0. The standard InChI is InChI=1S/C11H12ClN3O2S2/c1-3-5-8(4-2)14-19(16,17)10-9(12)13-11-15(10)6-7-18-11/h2,6-8,14H,3,5H2,1H3. The van der Waals surface area contributed by atoms with Crippen molar-refractivity contribution in [2.45, 2.75) is 30.8 Å². The van der Waals surface area contributed by atoms with Crippen molar-refractivity contribution in [3.05, 3.63) is 16.7 Å². The number of fused-ring (bicyclic) bond motifs is 1. The summed E-state index contributed by atoms with van der Waals surface area (Å²) in [6.45, 7) is 1.93. The van der Waals surface area contributed by atoms with Crippen LogP contribution in [0.2, 0.25) is 5.15 Å². The van der Waals surface area contributed by atoms with Crippen LogP contribution in [0.5, 0.6) is 0 Å². The van der Waals surface area contributed by atoms with Gasteiger partial charge in [0, 0.05) is 11.6 Å². The Morgan fingerprint density at radius 1 is 1.68 bits per heavy atom. The molecule has 0 spiro atoms. The highest BCUT2D eigenvalue weighted by Gasteiger charge is 2.26. The van der Waals surface area contributed by atoms with E-state index in [1.54, 1.807) is 11.6 Å². The number of hydrogen-bond donors (Lipinski definition) is 1. The molecule has 2 aromatic rings. The third-order valence-electron chi connectivity index (χ3n) is 2.51. The second-order valence-electron chi connectivity index (χ2n) is 3.89. The summed E-state index contributed by atoms with van der Waals surface area (Å²) in [4.78, 5) is 4.52. The van der Waals surface area contributed by atoms with Gasteiger partial charge < -0.3 is 0 Å². The van der Waals surface area contributed by atoms with Gasteiger partial charge in [-0.25, -0.2) is 13.4 Å². The van der Waals surface area contributed by atoms with Gasteiger partial charge in [0.1, 0.15) is 0 Å². The first kappa shape index (κ1) is 14.3. The predicted molar refractivity (Wildman–Crippen MR) is 75.9 cm³/mol. The number of sulfonamides is 1. The number of nitrogens with zero attached hydrogens (tertiary/aromatic N) is 2. The predicted octanol–water partition coefficient (Wildman–Crippen LogP) is 2.13. The number of terminal acetylenes is 1. The Morgan fingerprint density at radius 2 is 2.42 bits per heavy atom. The van der Waals surface area contributed by atoms with Crippen LogP contribution < -0.4 is 4.72 Å². The Kier molecular flexibility index (Phi) is 4.16. The number of nitrogens with one attached hydrogen (secondary N) is 1. The minimum absolute atomic E-state index is 0.0494. The molecular formula is C11H12ClN3O2S2. The van der Waals surface area contributed by atoms with Gasteiger partial charge in [-0.1, -0.05) is 30.9 Å². The molecule has 8 heteroatoms. The molecule has 2 rings (SSSR count). The first-order valence-corrected chi connectivity index (χ1v) is 8.33. The van der Waals surface area contributed by atoms with Crippen LogP contribution in [0.1, 0.15) is 19.8 Å². The molecule has 0 radical (unpaired) electrons. The van der Waals surface area contributed by atoms with E-state index < -0.39 is 16.1 Å². The number of hydrogen-bond acceptors (Lipinski definition) is 4. The molecule has 0 bridgehead atoms. The highest BCUT2D eigenvalue weighted by atomic mass is 35.5. The lowest BCUT2D eigenvalue weighted by atomic mass is 10.2. The van der Waals surface area contributed by atoms with Gasteiger partial charge in [-0.15, -0.1) is 17.8 Å². The van der Waals surface area contributed by atoms with Crippen molar-refractivity contribution in [2.24, 2.45) is 0 Å². The molecule has 1 atom stereocenters. The number of imidazole rings is 1. The molecule has 19 heavy (non-hydrogen) atoms. The van der Waals surface area contributed by atoms with E-state index in [0.717, 1.165) is 6.42 Å². The minimum Gasteiger partial charge on any atom is -0.279 e. The first-order chi connectivity index (χ1) is 8.99. The normalized spacial score (nSPS) is 13.5. The van der Waals surface area contributed by atoms with E-state index in [9.17, 15) is 8.42 Å². The molecule has 5 nitrogen and oxygen atoms in total. The number of aromatic nitrogens is 2. The maximum atomic E-state index is 12.3. The van der Waals surface area contributed by atoms with Crippen molar-refractivity contribution in [3.8, 4) is 12.3 Å². The van der Waals surface area contributed by atoms with Crippen LogP contribution in [0.4, 0.5) is 0 Å². The lowest BCUT2D eigenvalue weighted by Crippen LogP contribution is -2.34. The van der Waals surface area contributed by atoms with E-state index in [2.05, 4.69) is 15.6 Å². The second kappa shape index (κ2) is 5.51. The Labute approximate surface area is 120 Å². The first-order valence-electron chi connectivity index (χ1n) is 5.59. The molecule has 1 unspecified atom stereocenters. The summed E-state index contributed by atoms with van der Waals surface area (Å²) < 4.78 is 28.5. The van der Waals surface area contributed by atoms with Gasteiger partial charge in [-0.2, -0.15) is 4.72 Å². The van der Waals surface area contributed by atoms with Crippen LogP contribution in [-0.4, -0.2) is 23.8 Å². The third kappa shape index (κ3) is 2.77. The minimum atomic E-state index is -3.79. The van der Waals surface area contributed by atoms with Gasteiger partial charge in [-0.05, 0) is 6.42 Å². The monoisotopic (exact) mass is 317 g/mol. The van der Waals surface area contributed by atoms with Gasteiger partial charge in [-0.3, -0.25) is 4.40 Å².